The predicted molar refractivity (Wildman–Crippen MR) is 97.8 cm³/mol. The Hall–Kier alpha value is -2.94. The molecule has 2 fully saturated rings. The van der Waals surface area contributed by atoms with E-state index >= 15 is 0 Å². The van der Waals surface area contributed by atoms with E-state index in [1.54, 1.807) is 0 Å². The van der Waals surface area contributed by atoms with Gasteiger partial charge in [-0.2, -0.15) is 26.3 Å². The Morgan fingerprint density at radius 1 is 1.06 bits per heavy atom. The molecule has 15 heteroatoms. The molecule has 0 bridgehead atoms. The highest BCUT2D eigenvalue weighted by molar-refractivity contribution is 5.78. The third kappa shape index (κ3) is 10.5. The summed E-state index contributed by atoms with van der Waals surface area (Å²) < 4.78 is 69.2. The van der Waals surface area contributed by atoms with Gasteiger partial charge < -0.3 is 20.3 Å². The van der Waals surface area contributed by atoms with Crippen LogP contribution in [0.25, 0.3) is 0 Å². The summed E-state index contributed by atoms with van der Waals surface area (Å²) in [5, 5.41) is 17.2. The minimum absolute atomic E-state index is 0.00143. The first-order chi connectivity index (χ1) is 15.1. The topological polar surface area (TPSA) is 129 Å². The molecule has 2 aliphatic rings. The van der Waals surface area contributed by atoms with Crippen LogP contribution in [0.15, 0.2) is 24.4 Å². The summed E-state index contributed by atoms with van der Waals surface area (Å²) in [4.78, 5) is 35.7. The van der Waals surface area contributed by atoms with Crippen molar-refractivity contribution in [1.82, 2.24) is 15.2 Å². The van der Waals surface area contributed by atoms with Crippen molar-refractivity contribution in [2.75, 3.05) is 26.2 Å². The Bertz CT molecular complexity index is 759. The summed E-state index contributed by atoms with van der Waals surface area (Å²) in [5.41, 5.74) is 0.977. The molecule has 33 heavy (non-hydrogen) atoms. The lowest BCUT2D eigenvalue weighted by atomic mass is 9.90. The third-order valence-electron chi connectivity index (χ3n) is 4.48. The lowest BCUT2D eigenvalue weighted by Gasteiger charge is -2.43. The van der Waals surface area contributed by atoms with Gasteiger partial charge in [0.1, 0.15) is 6.61 Å². The van der Waals surface area contributed by atoms with E-state index in [0.29, 0.717) is 6.54 Å². The average molecular weight is 489 g/mol. The fraction of sp³-hybridized carbons (Fsp3) is 0.556. The number of aromatic nitrogens is 1. The van der Waals surface area contributed by atoms with Crippen molar-refractivity contribution in [3.8, 4) is 0 Å². The first-order valence-electron chi connectivity index (χ1n) is 9.28. The van der Waals surface area contributed by atoms with E-state index in [-0.39, 0.29) is 18.1 Å². The summed E-state index contributed by atoms with van der Waals surface area (Å²) in [6, 6.07) is 6.02. The van der Waals surface area contributed by atoms with Gasteiger partial charge in [0.05, 0.1) is 11.3 Å². The number of amides is 1. The van der Waals surface area contributed by atoms with Gasteiger partial charge in [-0.05, 0) is 25.0 Å². The average Bonchev–Trinajstić information content (AvgIpc) is 2.72. The van der Waals surface area contributed by atoms with E-state index in [1.807, 2.05) is 18.3 Å². The maximum Gasteiger partial charge on any atom is 0.490 e. The molecule has 0 saturated carbocycles. The van der Waals surface area contributed by atoms with Gasteiger partial charge in [-0.1, -0.05) is 6.07 Å². The van der Waals surface area contributed by atoms with Gasteiger partial charge in [0.2, 0.25) is 5.91 Å². The Morgan fingerprint density at radius 2 is 1.58 bits per heavy atom. The summed E-state index contributed by atoms with van der Waals surface area (Å²) in [7, 11) is 0. The van der Waals surface area contributed by atoms with Crippen LogP contribution < -0.4 is 5.32 Å². The molecule has 1 aromatic rings. The second kappa shape index (κ2) is 11.8. The van der Waals surface area contributed by atoms with Gasteiger partial charge in [0.15, 0.2) is 0 Å². The van der Waals surface area contributed by atoms with E-state index in [1.165, 1.54) is 0 Å². The molecule has 0 aliphatic carbocycles. The molecule has 186 valence electrons. The van der Waals surface area contributed by atoms with Crippen molar-refractivity contribution in [1.29, 1.82) is 0 Å². The second-order valence-corrected chi connectivity index (χ2v) is 6.95. The summed E-state index contributed by atoms with van der Waals surface area (Å²) in [6.07, 6.45) is -6.39. The molecular weight excluding hydrogens is 468 g/mol. The highest BCUT2D eigenvalue weighted by Crippen LogP contribution is 2.28. The van der Waals surface area contributed by atoms with E-state index in [9.17, 15) is 31.1 Å². The van der Waals surface area contributed by atoms with Gasteiger partial charge in [-0.15, -0.1) is 0 Å². The van der Waals surface area contributed by atoms with Gasteiger partial charge >= 0.3 is 24.3 Å². The fourth-order valence-corrected chi connectivity index (χ4v) is 2.74. The van der Waals surface area contributed by atoms with Crippen molar-refractivity contribution in [3.05, 3.63) is 30.1 Å². The minimum atomic E-state index is -5.08. The largest absolute Gasteiger partial charge is 0.490 e. The molecule has 3 heterocycles. The highest BCUT2D eigenvalue weighted by atomic mass is 19.4. The molecule has 1 aromatic heterocycles. The SMILES string of the molecule is O=C(O)C(F)(F)F.O=C(O)C(F)(F)F.O=C1COC2(CCN(Cc3ccccn3)CC2)CN1. The molecule has 1 amide bonds. The number of ether oxygens (including phenoxy) is 1. The van der Waals surface area contributed by atoms with Crippen LogP contribution in [0.2, 0.25) is 0 Å². The number of carboxylic acid groups (broad SMARTS) is 2. The standard InChI is InChI=1S/C14H19N3O2.2C2HF3O2/c18-13-10-19-14(11-16-13)4-7-17(8-5-14)9-12-3-1-2-6-15-12;2*3-2(4,5)1(6)7/h1-3,6H,4-5,7-11H2,(H,16,18);2*(H,6,7). The number of nitrogens with one attached hydrogen (secondary N) is 1. The number of aliphatic carboxylic acids is 2. The number of hydrogen-bond donors (Lipinski definition) is 3. The van der Waals surface area contributed by atoms with Gasteiger partial charge in [-0.3, -0.25) is 14.7 Å². The predicted octanol–water partition coefficient (Wildman–Crippen LogP) is 1.83. The van der Waals surface area contributed by atoms with Crippen LogP contribution in [0, 0.1) is 0 Å². The van der Waals surface area contributed by atoms with Gasteiger partial charge in [-0.25, -0.2) is 9.59 Å². The lowest BCUT2D eigenvalue weighted by molar-refractivity contribution is -0.193. The number of carbonyl (C=O) groups is 3. The molecule has 1 spiro atoms. The zero-order valence-corrected chi connectivity index (χ0v) is 16.9. The molecule has 2 aliphatic heterocycles. The van der Waals surface area contributed by atoms with Crippen molar-refractivity contribution < 1.29 is 55.7 Å². The third-order valence-corrected chi connectivity index (χ3v) is 4.48. The fourth-order valence-electron chi connectivity index (χ4n) is 2.74. The Morgan fingerprint density at radius 3 is 1.94 bits per heavy atom. The van der Waals surface area contributed by atoms with E-state index in [0.717, 1.165) is 38.2 Å². The Kier molecular flexibility index (Phi) is 10.0. The first kappa shape index (κ1) is 28.1. The van der Waals surface area contributed by atoms with Crippen LogP contribution in [-0.4, -0.2) is 82.1 Å². The van der Waals surface area contributed by atoms with E-state index in [4.69, 9.17) is 24.5 Å². The summed E-state index contributed by atoms with van der Waals surface area (Å²) in [5.74, 6) is -5.51. The first-order valence-corrected chi connectivity index (χ1v) is 9.28. The number of pyridine rings is 1. The number of carbonyl (C=O) groups excluding carboxylic acids is 1. The number of rotatable bonds is 2. The molecule has 3 N–H and O–H groups in total. The van der Waals surface area contributed by atoms with Crippen LogP contribution in [0.5, 0.6) is 0 Å². The van der Waals surface area contributed by atoms with Crippen LogP contribution >= 0.6 is 0 Å². The summed E-state index contributed by atoms with van der Waals surface area (Å²) >= 11 is 0. The van der Waals surface area contributed by atoms with E-state index in [2.05, 4.69) is 21.3 Å². The Labute approximate surface area is 183 Å². The minimum Gasteiger partial charge on any atom is -0.475 e. The maximum absolute atomic E-state index is 11.1. The number of halogens is 6. The van der Waals surface area contributed by atoms with Crippen molar-refractivity contribution in [2.45, 2.75) is 37.3 Å². The van der Waals surface area contributed by atoms with Crippen LogP contribution in [-0.2, 0) is 25.7 Å². The molecule has 0 atom stereocenters. The molecule has 9 nitrogen and oxygen atoms in total. The normalized spacial score (nSPS) is 18.2. The zero-order chi connectivity index (χ0) is 25.3. The monoisotopic (exact) mass is 489 g/mol. The highest BCUT2D eigenvalue weighted by Gasteiger charge is 2.39. The lowest BCUT2D eigenvalue weighted by Crippen LogP contribution is -2.57. The van der Waals surface area contributed by atoms with Gasteiger partial charge in [0.25, 0.3) is 0 Å². The molecular formula is C18H21F6N3O6. The number of alkyl halides is 6. The molecule has 0 aromatic carbocycles. The van der Waals surface area contributed by atoms with Gasteiger partial charge in [0, 0.05) is 32.4 Å². The molecule has 2 saturated heterocycles. The number of hydrogen-bond acceptors (Lipinski definition) is 6. The van der Waals surface area contributed by atoms with Crippen molar-refractivity contribution in [2.24, 2.45) is 0 Å². The van der Waals surface area contributed by atoms with Crippen LogP contribution in [0.3, 0.4) is 0 Å². The number of piperidine rings is 1. The van der Waals surface area contributed by atoms with E-state index < -0.39 is 24.3 Å². The second-order valence-electron chi connectivity index (χ2n) is 6.95. The summed E-state index contributed by atoms with van der Waals surface area (Å²) in [6.45, 7) is 3.74. The maximum atomic E-state index is 11.1. The number of nitrogens with zero attached hydrogens (tertiary/aromatic N) is 2. The number of carboxylic acids is 2. The number of morpholine rings is 1. The Balaban J connectivity index is 0.000000324. The zero-order valence-electron chi connectivity index (χ0n) is 16.9. The molecule has 0 unspecified atom stereocenters. The number of likely N-dealkylation sites (tertiary alicyclic amines) is 1. The quantitative estimate of drug-likeness (QED) is 0.537. The molecule has 3 rings (SSSR count). The van der Waals surface area contributed by atoms with Crippen molar-refractivity contribution >= 4 is 17.8 Å². The van der Waals surface area contributed by atoms with Crippen LogP contribution in [0.1, 0.15) is 18.5 Å². The smallest absolute Gasteiger partial charge is 0.475 e. The van der Waals surface area contributed by atoms with Crippen molar-refractivity contribution in [3.63, 3.8) is 0 Å². The van der Waals surface area contributed by atoms with Crippen LogP contribution in [0.4, 0.5) is 26.3 Å². The molecule has 0 radical (unpaired) electrons.